The topological polar surface area (TPSA) is 47.4 Å². The molecule has 0 aliphatic carbocycles. The lowest BCUT2D eigenvalue weighted by Crippen LogP contribution is -1.81. The summed E-state index contributed by atoms with van der Waals surface area (Å²) in [6.45, 7) is 0.983. The third-order valence-corrected chi connectivity index (χ3v) is 0.752. The molecule has 0 aromatic heterocycles. The van der Waals surface area contributed by atoms with Crippen LogP contribution in [-0.2, 0) is 0 Å². The van der Waals surface area contributed by atoms with Crippen molar-refractivity contribution in [2.75, 3.05) is 6.54 Å². The molecular formula is C5H10N2. The van der Waals surface area contributed by atoms with Gasteiger partial charge in [0.15, 0.2) is 0 Å². The van der Waals surface area contributed by atoms with Crippen molar-refractivity contribution in [3.8, 4) is 0 Å². The Morgan fingerprint density at radius 3 is 2.43 bits per heavy atom. The molecule has 0 bridgehead atoms. The first-order chi connectivity index (χ1) is 3.00. The SMILES string of the molecule is C1=CCCN=C1.N. The van der Waals surface area contributed by atoms with Crippen LogP contribution in [0.4, 0.5) is 0 Å². The summed E-state index contributed by atoms with van der Waals surface area (Å²) in [6.07, 6.45) is 7.05. The molecule has 0 saturated heterocycles. The van der Waals surface area contributed by atoms with Crippen LogP contribution in [0.1, 0.15) is 6.42 Å². The maximum atomic E-state index is 3.97. The highest BCUT2D eigenvalue weighted by Gasteiger charge is 1.78. The van der Waals surface area contributed by atoms with E-state index in [4.69, 9.17) is 0 Å². The summed E-state index contributed by atoms with van der Waals surface area (Å²) < 4.78 is 0. The number of nitrogens with zero attached hydrogens (tertiary/aromatic N) is 1. The molecule has 2 nitrogen and oxygen atoms in total. The van der Waals surface area contributed by atoms with Crippen LogP contribution in [0.2, 0.25) is 0 Å². The fourth-order valence-corrected chi connectivity index (χ4v) is 0.442. The summed E-state index contributed by atoms with van der Waals surface area (Å²) in [7, 11) is 0. The Hall–Kier alpha value is -0.630. The summed E-state index contributed by atoms with van der Waals surface area (Å²) in [4.78, 5) is 3.97. The first-order valence-corrected chi connectivity index (χ1v) is 2.15. The van der Waals surface area contributed by atoms with Gasteiger partial charge in [0, 0.05) is 12.8 Å². The zero-order valence-corrected chi connectivity index (χ0v) is 4.30. The van der Waals surface area contributed by atoms with Gasteiger partial charge in [-0.25, -0.2) is 0 Å². The molecule has 0 fully saturated rings. The highest BCUT2D eigenvalue weighted by molar-refractivity contribution is 5.71. The van der Waals surface area contributed by atoms with Crippen molar-refractivity contribution in [2.24, 2.45) is 4.99 Å². The summed E-state index contributed by atoms with van der Waals surface area (Å²) in [5.74, 6) is 0. The minimum Gasteiger partial charge on any atom is -0.344 e. The second-order valence-electron chi connectivity index (χ2n) is 1.27. The Balaban J connectivity index is 0.000000360. The molecular weight excluding hydrogens is 88.1 g/mol. The number of allylic oxidation sites excluding steroid dienone is 1. The maximum Gasteiger partial charge on any atom is 0.0423 e. The normalized spacial score (nSPS) is 16.0. The second kappa shape index (κ2) is 3.56. The zero-order valence-electron chi connectivity index (χ0n) is 4.30. The lowest BCUT2D eigenvalue weighted by Gasteiger charge is -1.88. The summed E-state index contributed by atoms with van der Waals surface area (Å²) in [5.41, 5.74) is 0. The molecule has 1 heterocycles. The standard InChI is InChI=1S/C5H7N.H3N/c1-2-4-6-5-3-1;/h1-2,4H,3,5H2;1H3. The zero-order chi connectivity index (χ0) is 4.24. The number of hydrogen-bond donors (Lipinski definition) is 1. The monoisotopic (exact) mass is 98.1 g/mol. The minimum absolute atomic E-state index is 0. The van der Waals surface area contributed by atoms with Gasteiger partial charge in [-0.15, -0.1) is 0 Å². The van der Waals surface area contributed by atoms with Crippen molar-refractivity contribution in [1.82, 2.24) is 6.15 Å². The Bertz CT molecular complexity index is 72.1. The third-order valence-electron chi connectivity index (χ3n) is 0.752. The smallest absolute Gasteiger partial charge is 0.0423 e. The molecule has 7 heavy (non-hydrogen) atoms. The van der Waals surface area contributed by atoms with Crippen molar-refractivity contribution in [1.29, 1.82) is 0 Å². The van der Waals surface area contributed by atoms with Gasteiger partial charge >= 0.3 is 0 Å². The van der Waals surface area contributed by atoms with Crippen molar-refractivity contribution in [2.45, 2.75) is 6.42 Å². The highest BCUT2D eigenvalue weighted by Crippen LogP contribution is 1.87. The number of rotatable bonds is 0. The Labute approximate surface area is 43.5 Å². The van der Waals surface area contributed by atoms with E-state index in [1.165, 1.54) is 0 Å². The first kappa shape index (κ1) is 6.37. The van der Waals surface area contributed by atoms with E-state index in [1.807, 2.05) is 12.3 Å². The number of aliphatic imine (C=N–C) groups is 1. The van der Waals surface area contributed by atoms with Crippen molar-refractivity contribution in [3.05, 3.63) is 12.2 Å². The van der Waals surface area contributed by atoms with E-state index in [0.717, 1.165) is 13.0 Å². The van der Waals surface area contributed by atoms with Gasteiger partial charge in [0.25, 0.3) is 0 Å². The maximum absolute atomic E-state index is 3.97. The van der Waals surface area contributed by atoms with Gasteiger partial charge in [-0.1, -0.05) is 6.08 Å². The van der Waals surface area contributed by atoms with Gasteiger partial charge in [0.05, 0.1) is 0 Å². The summed E-state index contributed by atoms with van der Waals surface area (Å²) >= 11 is 0. The molecule has 0 amide bonds. The van der Waals surface area contributed by atoms with Crippen LogP contribution in [0.3, 0.4) is 0 Å². The number of dihydropyridines is 1. The molecule has 0 aromatic rings. The third kappa shape index (κ3) is 2.11. The molecule has 1 aliphatic rings. The lowest BCUT2D eigenvalue weighted by atomic mass is 10.3. The molecule has 2 heteroatoms. The predicted octanol–water partition coefficient (Wildman–Crippen LogP) is 1.18. The van der Waals surface area contributed by atoms with E-state index in [-0.39, 0.29) is 6.15 Å². The van der Waals surface area contributed by atoms with Crippen LogP contribution >= 0.6 is 0 Å². The summed E-state index contributed by atoms with van der Waals surface area (Å²) in [5, 5.41) is 0. The van der Waals surface area contributed by atoms with Crippen molar-refractivity contribution >= 4 is 6.21 Å². The van der Waals surface area contributed by atoms with Gasteiger partial charge in [-0.05, 0) is 12.5 Å². The fraction of sp³-hybridized carbons (Fsp3) is 0.400. The average molecular weight is 98.1 g/mol. The molecule has 0 radical (unpaired) electrons. The Morgan fingerprint density at radius 2 is 2.29 bits per heavy atom. The lowest BCUT2D eigenvalue weighted by molar-refractivity contribution is 1.00. The van der Waals surface area contributed by atoms with Gasteiger partial charge in [0.2, 0.25) is 0 Å². The van der Waals surface area contributed by atoms with Crippen LogP contribution in [0.5, 0.6) is 0 Å². The molecule has 0 atom stereocenters. The van der Waals surface area contributed by atoms with E-state index >= 15 is 0 Å². The van der Waals surface area contributed by atoms with Crippen molar-refractivity contribution in [3.63, 3.8) is 0 Å². The van der Waals surface area contributed by atoms with Crippen LogP contribution in [0.15, 0.2) is 17.1 Å². The quantitative estimate of drug-likeness (QED) is 0.486. The van der Waals surface area contributed by atoms with Crippen LogP contribution in [0.25, 0.3) is 0 Å². The molecule has 1 rings (SSSR count). The van der Waals surface area contributed by atoms with E-state index in [0.29, 0.717) is 0 Å². The van der Waals surface area contributed by atoms with E-state index in [9.17, 15) is 0 Å². The first-order valence-electron chi connectivity index (χ1n) is 2.15. The molecule has 0 saturated carbocycles. The van der Waals surface area contributed by atoms with Crippen LogP contribution in [-0.4, -0.2) is 12.8 Å². The average Bonchev–Trinajstić information content (AvgIpc) is 1.72. The van der Waals surface area contributed by atoms with Crippen LogP contribution in [0, 0.1) is 0 Å². The highest BCUT2D eigenvalue weighted by atomic mass is 14.7. The van der Waals surface area contributed by atoms with E-state index in [2.05, 4.69) is 11.1 Å². The van der Waals surface area contributed by atoms with E-state index in [1.54, 1.807) is 0 Å². The molecule has 0 unspecified atom stereocenters. The van der Waals surface area contributed by atoms with E-state index < -0.39 is 0 Å². The van der Waals surface area contributed by atoms with Gasteiger partial charge in [-0.2, -0.15) is 0 Å². The predicted molar refractivity (Wildman–Crippen MR) is 32.1 cm³/mol. The molecule has 0 spiro atoms. The van der Waals surface area contributed by atoms with Gasteiger partial charge in [-0.3, -0.25) is 4.99 Å². The summed E-state index contributed by atoms with van der Waals surface area (Å²) in [6, 6.07) is 0. The van der Waals surface area contributed by atoms with Gasteiger partial charge in [0.1, 0.15) is 0 Å². The Kier molecular flexibility index (Phi) is 3.24. The van der Waals surface area contributed by atoms with Gasteiger partial charge < -0.3 is 6.15 Å². The Morgan fingerprint density at radius 1 is 1.43 bits per heavy atom. The largest absolute Gasteiger partial charge is 0.344 e. The molecule has 3 N–H and O–H groups in total. The second-order valence-corrected chi connectivity index (χ2v) is 1.27. The molecule has 0 aromatic carbocycles. The van der Waals surface area contributed by atoms with Crippen molar-refractivity contribution < 1.29 is 0 Å². The number of hydrogen-bond acceptors (Lipinski definition) is 2. The molecule has 1 aliphatic heterocycles. The minimum atomic E-state index is 0. The van der Waals surface area contributed by atoms with Crippen LogP contribution < -0.4 is 6.15 Å². The fourth-order valence-electron chi connectivity index (χ4n) is 0.442. The molecule has 40 valence electrons.